The average Bonchev–Trinajstić information content (AvgIpc) is 3.61. The first-order chi connectivity index (χ1) is 15.8. The number of aromatic nitrogens is 5. The van der Waals surface area contributed by atoms with E-state index in [0.29, 0.717) is 6.04 Å². The predicted octanol–water partition coefficient (Wildman–Crippen LogP) is 6.09. The quantitative estimate of drug-likeness (QED) is 0.286. The Morgan fingerprint density at radius 3 is 2.76 bits per heavy atom. The SMILES string of the molecule is Cl.Cl.O=C(NC1CCCC1)c1ccc(-c2n[nH]cc2-c2ccc3ncc(-c4nccs4)n3c2)s1. The molecule has 34 heavy (non-hydrogen) atoms. The van der Waals surface area contributed by atoms with Crippen LogP contribution in [0.15, 0.2) is 54.4 Å². The monoisotopic (exact) mass is 532 g/mol. The fraction of sp³-hybridized carbons (Fsp3) is 0.217. The summed E-state index contributed by atoms with van der Waals surface area (Å²) in [5.74, 6) is 0.0122. The molecule has 0 spiro atoms. The Kier molecular flexibility index (Phi) is 7.37. The number of thiophene rings is 1. The lowest BCUT2D eigenvalue weighted by molar-refractivity contribution is 0.0942. The van der Waals surface area contributed by atoms with Gasteiger partial charge in [0.05, 0.1) is 16.0 Å². The lowest BCUT2D eigenvalue weighted by Crippen LogP contribution is -2.31. The van der Waals surface area contributed by atoms with Crippen LogP contribution in [0, 0.1) is 0 Å². The highest BCUT2D eigenvalue weighted by molar-refractivity contribution is 7.17. The maximum Gasteiger partial charge on any atom is 0.261 e. The number of rotatable bonds is 5. The van der Waals surface area contributed by atoms with Gasteiger partial charge < -0.3 is 5.32 Å². The van der Waals surface area contributed by atoms with Crippen LogP contribution in [0.25, 0.3) is 38.0 Å². The Bertz CT molecular complexity index is 1400. The summed E-state index contributed by atoms with van der Waals surface area (Å²) in [6.07, 6.45) is 12.2. The number of aromatic amines is 1. The summed E-state index contributed by atoms with van der Waals surface area (Å²) in [6.45, 7) is 0. The van der Waals surface area contributed by atoms with Gasteiger partial charge in [0.15, 0.2) is 0 Å². The molecule has 0 aromatic carbocycles. The molecule has 5 aromatic rings. The molecular weight excluding hydrogens is 511 g/mol. The third kappa shape index (κ3) is 4.48. The predicted molar refractivity (Wildman–Crippen MR) is 141 cm³/mol. The first-order valence-corrected chi connectivity index (χ1v) is 12.3. The molecule has 1 fully saturated rings. The number of hydrogen-bond acceptors (Lipinski definition) is 6. The zero-order chi connectivity index (χ0) is 21.5. The third-order valence-electron chi connectivity index (χ3n) is 5.86. The normalized spacial score (nSPS) is 13.5. The largest absolute Gasteiger partial charge is 0.349 e. The topological polar surface area (TPSA) is 88.0 Å². The van der Waals surface area contributed by atoms with E-state index in [-0.39, 0.29) is 30.7 Å². The van der Waals surface area contributed by atoms with Crippen molar-refractivity contribution in [2.45, 2.75) is 31.7 Å². The first-order valence-electron chi connectivity index (χ1n) is 10.6. The Balaban J connectivity index is 0.00000137. The van der Waals surface area contributed by atoms with E-state index in [2.05, 4.69) is 36.1 Å². The van der Waals surface area contributed by atoms with Gasteiger partial charge in [-0.25, -0.2) is 9.97 Å². The highest BCUT2D eigenvalue weighted by Gasteiger charge is 2.20. The first kappa shape index (κ1) is 24.4. The van der Waals surface area contributed by atoms with Crippen LogP contribution < -0.4 is 5.32 Å². The Hall–Kier alpha value is -2.72. The van der Waals surface area contributed by atoms with Gasteiger partial charge in [-0.3, -0.25) is 14.3 Å². The fourth-order valence-electron chi connectivity index (χ4n) is 4.26. The van der Waals surface area contributed by atoms with Crippen LogP contribution in [0.1, 0.15) is 35.4 Å². The molecule has 0 aliphatic heterocycles. The van der Waals surface area contributed by atoms with E-state index in [9.17, 15) is 4.79 Å². The number of fused-ring (bicyclic) bond motifs is 1. The Morgan fingerprint density at radius 2 is 1.97 bits per heavy atom. The standard InChI is InChI=1S/C23H20N6OS2.2ClH/c30-22(27-15-3-1-2-4-15)19-7-6-18(32-19)21-16(11-26-28-21)14-5-8-20-25-12-17(29(20)13-14)23-24-9-10-31-23;;/h5-13,15H,1-4H2,(H,26,28)(H,27,30);2*1H. The summed E-state index contributed by atoms with van der Waals surface area (Å²) in [4.78, 5) is 23.3. The van der Waals surface area contributed by atoms with Gasteiger partial charge in [-0.1, -0.05) is 12.8 Å². The number of nitrogens with one attached hydrogen (secondary N) is 2. The molecule has 1 aliphatic carbocycles. The number of halogens is 2. The molecule has 5 aromatic heterocycles. The molecule has 1 saturated carbocycles. The van der Waals surface area contributed by atoms with Crippen molar-refractivity contribution < 1.29 is 4.79 Å². The molecule has 1 amide bonds. The highest BCUT2D eigenvalue weighted by atomic mass is 35.5. The summed E-state index contributed by atoms with van der Waals surface area (Å²) in [7, 11) is 0. The van der Waals surface area contributed by atoms with Gasteiger partial charge in [-0.05, 0) is 37.1 Å². The number of carbonyl (C=O) groups is 1. The Labute approximate surface area is 216 Å². The van der Waals surface area contributed by atoms with Crippen molar-refractivity contribution >= 4 is 59.0 Å². The zero-order valence-corrected chi connectivity index (χ0v) is 21.2. The summed E-state index contributed by atoms with van der Waals surface area (Å²) < 4.78 is 2.06. The second kappa shape index (κ2) is 10.3. The molecule has 176 valence electrons. The second-order valence-electron chi connectivity index (χ2n) is 7.89. The van der Waals surface area contributed by atoms with E-state index in [1.807, 2.05) is 42.0 Å². The van der Waals surface area contributed by atoms with Crippen molar-refractivity contribution in [3.63, 3.8) is 0 Å². The number of H-pyrrole nitrogens is 1. The maximum atomic E-state index is 12.7. The van der Waals surface area contributed by atoms with Crippen LogP contribution in [0.3, 0.4) is 0 Å². The van der Waals surface area contributed by atoms with Gasteiger partial charge in [-0.2, -0.15) is 5.10 Å². The minimum absolute atomic E-state index is 0. The van der Waals surface area contributed by atoms with Gasteiger partial charge in [-0.15, -0.1) is 47.5 Å². The van der Waals surface area contributed by atoms with Gasteiger partial charge in [0, 0.05) is 41.1 Å². The van der Waals surface area contributed by atoms with E-state index in [1.165, 1.54) is 24.2 Å². The number of pyridine rings is 1. The minimum atomic E-state index is 0. The van der Waals surface area contributed by atoms with E-state index in [1.54, 1.807) is 17.5 Å². The Morgan fingerprint density at radius 1 is 1.12 bits per heavy atom. The van der Waals surface area contributed by atoms with E-state index >= 15 is 0 Å². The van der Waals surface area contributed by atoms with Crippen molar-refractivity contribution in [1.82, 2.24) is 29.9 Å². The maximum absolute atomic E-state index is 12.7. The van der Waals surface area contributed by atoms with Crippen LogP contribution >= 0.6 is 47.5 Å². The molecule has 2 N–H and O–H groups in total. The molecule has 6 rings (SSSR count). The number of thiazole rings is 1. The average molecular weight is 534 g/mol. The molecule has 0 saturated heterocycles. The van der Waals surface area contributed by atoms with Gasteiger partial charge >= 0.3 is 0 Å². The van der Waals surface area contributed by atoms with E-state index < -0.39 is 0 Å². The third-order valence-corrected chi connectivity index (χ3v) is 7.75. The fourth-order valence-corrected chi connectivity index (χ4v) is 5.82. The van der Waals surface area contributed by atoms with Crippen molar-refractivity contribution in [3.8, 4) is 32.4 Å². The van der Waals surface area contributed by atoms with E-state index in [4.69, 9.17) is 0 Å². The zero-order valence-electron chi connectivity index (χ0n) is 17.9. The number of carbonyl (C=O) groups excluding carboxylic acids is 1. The number of imidazole rings is 1. The van der Waals surface area contributed by atoms with Crippen LogP contribution in [-0.4, -0.2) is 36.5 Å². The molecule has 0 bridgehead atoms. The lowest BCUT2D eigenvalue weighted by atomic mass is 10.1. The molecule has 0 atom stereocenters. The van der Waals surface area contributed by atoms with Crippen molar-refractivity contribution in [1.29, 1.82) is 0 Å². The summed E-state index contributed by atoms with van der Waals surface area (Å²) in [6, 6.07) is 8.22. The lowest BCUT2D eigenvalue weighted by Gasteiger charge is -2.10. The second-order valence-corrected chi connectivity index (χ2v) is 9.87. The van der Waals surface area contributed by atoms with Crippen LogP contribution in [0.2, 0.25) is 0 Å². The van der Waals surface area contributed by atoms with Crippen LogP contribution in [0.5, 0.6) is 0 Å². The highest BCUT2D eigenvalue weighted by Crippen LogP contribution is 2.35. The summed E-state index contributed by atoms with van der Waals surface area (Å²) in [5, 5.41) is 13.6. The molecular formula is C23H22Cl2N6OS2. The summed E-state index contributed by atoms with van der Waals surface area (Å²) >= 11 is 3.06. The molecule has 5 heterocycles. The number of amides is 1. The van der Waals surface area contributed by atoms with Gasteiger partial charge in [0.25, 0.3) is 5.91 Å². The van der Waals surface area contributed by atoms with Crippen molar-refractivity contribution in [2.75, 3.05) is 0 Å². The molecule has 0 radical (unpaired) electrons. The number of nitrogens with zero attached hydrogens (tertiary/aromatic N) is 4. The van der Waals surface area contributed by atoms with Crippen molar-refractivity contribution in [2.24, 2.45) is 0 Å². The molecule has 0 unspecified atom stereocenters. The van der Waals surface area contributed by atoms with Crippen molar-refractivity contribution in [3.05, 3.63) is 59.3 Å². The molecule has 1 aliphatic rings. The number of hydrogen-bond donors (Lipinski definition) is 2. The van der Waals surface area contributed by atoms with Crippen LogP contribution in [-0.2, 0) is 0 Å². The van der Waals surface area contributed by atoms with Gasteiger partial charge in [0.2, 0.25) is 0 Å². The van der Waals surface area contributed by atoms with E-state index in [0.717, 1.165) is 55.8 Å². The smallest absolute Gasteiger partial charge is 0.261 e. The molecule has 11 heteroatoms. The van der Waals surface area contributed by atoms with Gasteiger partial charge in [0.1, 0.15) is 22.0 Å². The summed E-state index contributed by atoms with van der Waals surface area (Å²) in [5.41, 5.74) is 4.66. The van der Waals surface area contributed by atoms with Crippen LogP contribution in [0.4, 0.5) is 0 Å². The minimum Gasteiger partial charge on any atom is -0.349 e. The molecule has 7 nitrogen and oxygen atoms in total.